The SMILES string of the molecule is CCn1nccc1C(O)c1ccc(Br)cc1F. The number of hydrogen-bond acceptors (Lipinski definition) is 2. The van der Waals surface area contributed by atoms with Crippen LogP contribution in [0.2, 0.25) is 0 Å². The van der Waals surface area contributed by atoms with Crippen LogP contribution >= 0.6 is 15.9 Å². The molecule has 0 aliphatic rings. The Morgan fingerprint density at radius 2 is 2.24 bits per heavy atom. The Labute approximate surface area is 107 Å². The van der Waals surface area contributed by atoms with E-state index < -0.39 is 11.9 Å². The summed E-state index contributed by atoms with van der Waals surface area (Å²) < 4.78 is 16.0. The molecule has 1 atom stereocenters. The van der Waals surface area contributed by atoms with Gasteiger partial charge in [-0.3, -0.25) is 4.68 Å². The lowest BCUT2D eigenvalue weighted by Crippen LogP contribution is -2.10. The normalized spacial score (nSPS) is 12.7. The number of hydrogen-bond donors (Lipinski definition) is 1. The summed E-state index contributed by atoms with van der Waals surface area (Å²) in [4.78, 5) is 0. The Kier molecular flexibility index (Phi) is 3.59. The van der Waals surface area contributed by atoms with Gasteiger partial charge in [-0.1, -0.05) is 22.0 Å². The molecule has 0 aliphatic heterocycles. The van der Waals surface area contributed by atoms with Crippen molar-refractivity contribution in [2.75, 3.05) is 0 Å². The van der Waals surface area contributed by atoms with E-state index >= 15 is 0 Å². The molecule has 0 spiro atoms. The van der Waals surface area contributed by atoms with Crippen LogP contribution in [0.3, 0.4) is 0 Å². The van der Waals surface area contributed by atoms with E-state index in [9.17, 15) is 9.50 Å². The standard InChI is InChI=1S/C12H12BrFN2O/c1-2-16-11(5-6-15-16)12(17)9-4-3-8(13)7-10(9)14/h3-7,12,17H,2H2,1H3. The van der Waals surface area contributed by atoms with Crippen molar-refractivity contribution in [1.29, 1.82) is 0 Å². The third-order valence-electron chi connectivity index (χ3n) is 2.59. The van der Waals surface area contributed by atoms with Gasteiger partial charge in [0.2, 0.25) is 0 Å². The molecule has 0 fully saturated rings. The molecule has 2 rings (SSSR count). The molecule has 5 heteroatoms. The van der Waals surface area contributed by atoms with E-state index in [0.717, 1.165) is 0 Å². The zero-order valence-corrected chi connectivity index (χ0v) is 10.9. The van der Waals surface area contributed by atoms with E-state index in [-0.39, 0.29) is 5.56 Å². The predicted octanol–water partition coefficient (Wildman–Crippen LogP) is 2.89. The van der Waals surface area contributed by atoms with Crippen molar-refractivity contribution in [3.8, 4) is 0 Å². The maximum atomic E-state index is 13.7. The van der Waals surface area contributed by atoms with Crippen molar-refractivity contribution in [3.05, 3.63) is 52.0 Å². The fraction of sp³-hybridized carbons (Fsp3) is 0.250. The van der Waals surface area contributed by atoms with Crippen molar-refractivity contribution in [1.82, 2.24) is 9.78 Å². The molecule has 1 aromatic heterocycles. The highest BCUT2D eigenvalue weighted by Crippen LogP contribution is 2.26. The minimum Gasteiger partial charge on any atom is -0.382 e. The lowest BCUT2D eigenvalue weighted by Gasteiger charge is -2.13. The number of aryl methyl sites for hydroxylation is 1. The Balaban J connectivity index is 2.40. The number of rotatable bonds is 3. The minimum absolute atomic E-state index is 0.253. The van der Waals surface area contributed by atoms with Gasteiger partial charge in [-0.2, -0.15) is 5.10 Å². The first-order valence-corrected chi connectivity index (χ1v) is 6.07. The van der Waals surface area contributed by atoms with Crippen molar-refractivity contribution in [2.45, 2.75) is 19.6 Å². The largest absolute Gasteiger partial charge is 0.382 e. The summed E-state index contributed by atoms with van der Waals surface area (Å²) in [5.74, 6) is -0.435. The quantitative estimate of drug-likeness (QED) is 0.946. The van der Waals surface area contributed by atoms with Gasteiger partial charge >= 0.3 is 0 Å². The maximum Gasteiger partial charge on any atom is 0.130 e. The molecule has 1 aromatic carbocycles. The van der Waals surface area contributed by atoms with E-state index in [4.69, 9.17) is 0 Å². The van der Waals surface area contributed by atoms with Crippen molar-refractivity contribution < 1.29 is 9.50 Å². The van der Waals surface area contributed by atoms with Crippen LogP contribution in [0.4, 0.5) is 4.39 Å². The van der Waals surface area contributed by atoms with Gasteiger partial charge in [0.05, 0.1) is 5.69 Å². The van der Waals surface area contributed by atoms with Crippen molar-refractivity contribution >= 4 is 15.9 Å². The molecular formula is C12H12BrFN2O. The first-order chi connectivity index (χ1) is 8.13. The Hall–Kier alpha value is -1.20. The monoisotopic (exact) mass is 298 g/mol. The second-order valence-electron chi connectivity index (χ2n) is 3.64. The topological polar surface area (TPSA) is 38.0 Å². The maximum absolute atomic E-state index is 13.7. The highest BCUT2D eigenvalue weighted by atomic mass is 79.9. The molecule has 1 heterocycles. The molecule has 0 aliphatic carbocycles. The molecule has 0 amide bonds. The molecule has 17 heavy (non-hydrogen) atoms. The molecule has 1 N–H and O–H groups in total. The molecule has 3 nitrogen and oxygen atoms in total. The van der Waals surface area contributed by atoms with Gasteiger partial charge < -0.3 is 5.11 Å². The average molecular weight is 299 g/mol. The van der Waals surface area contributed by atoms with Crippen LogP contribution in [-0.2, 0) is 6.54 Å². The number of halogens is 2. The summed E-state index contributed by atoms with van der Waals surface area (Å²) in [6.45, 7) is 2.55. The molecule has 0 saturated carbocycles. The third kappa shape index (κ3) is 2.40. The summed E-state index contributed by atoms with van der Waals surface area (Å²) in [5.41, 5.74) is 0.845. The van der Waals surface area contributed by atoms with Gasteiger partial charge in [-0.25, -0.2) is 4.39 Å². The molecule has 2 aromatic rings. The number of aromatic nitrogens is 2. The van der Waals surface area contributed by atoms with Crippen LogP contribution in [0.5, 0.6) is 0 Å². The van der Waals surface area contributed by atoms with Crippen LogP contribution in [0, 0.1) is 5.82 Å². The number of benzene rings is 1. The third-order valence-corrected chi connectivity index (χ3v) is 3.08. The van der Waals surface area contributed by atoms with Crippen molar-refractivity contribution in [3.63, 3.8) is 0 Å². The molecule has 0 saturated heterocycles. The summed E-state index contributed by atoms with van der Waals surface area (Å²) >= 11 is 3.18. The van der Waals surface area contributed by atoms with Gasteiger partial charge in [-0.05, 0) is 25.1 Å². The summed E-state index contributed by atoms with van der Waals surface area (Å²) in [6.07, 6.45) is 0.601. The van der Waals surface area contributed by atoms with Gasteiger partial charge in [0.1, 0.15) is 11.9 Å². The van der Waals surface area contributed by atoms with Crippen LogP contribution in [0.1, 0.15) is 24.3 Å². The predicted molar refractivity (Wildman–Crippen MR) is 66.1 cm³/mol. The molecule has 1 unspecified atom stereocenters. The van der Waals surface area contributed by atoms with Crippen LogP contribution in [0.15, 0.2) is 34.9 Å². The average Bonchev–Trinajstić information content (AvgIpc) is 2.76. The van der Waals surface area contributed by atoms with Gasteiger partial charge in [0, 0.05) is 22.8 Å². The Bertz CT molecular complexity index is 527. The van der Waals surface area contributed by atoms with E-state index in [2.05, 4.69) is 21.0 Å². The lowest BCUT2D eigenvalue weighted by atomic mass is 10.1. The van der Waals surface area contributed by atoms with E-state index in [0.29, 0.717) is 16.7 Å². The Morgan fingerprint density at radius 3 is 2.88 bits per heavy atom. The lowest BCUT2D eigenvalue weighted by molar-refractivity contribution is 0.203. The summed E-state index contributed by atoms with van der Waals surface area (Å²) in [6, 6.07) is 6.30. The second kappa shape index (κ2) is 4.98. The zero-order valence-electron chi connectivity index (χ0n) is 9.27. The van der Waals surface area contributed by atoms with Crippen LogP contribution in [-0.4, -0.2) is 14.9 Å². The van der Waals surface area contributed by atoms with Gasteiger partial charge in [0.15, 0.2) is 0 Å². The molecular weight excluding hydrogens is 287 g/mol. The Morgan fingerprint density at radius 1 is 1.47 bits per heavy atom. The smallest absolute Gasteiger partial charge is 0.130 e. The first kappa shape index (κ1) is 12.3. The molecule has 0 radical (unpaired) electrons. The molecule has 0 bridgehead atoms. The molecule has 90 valence electrons. The minimum atomic E-state index is -0.995. The van der Waals surface area contributed by atoms with E-state index in [1.165, 1.54) is 6.07 Å². The van der Waals surface area contributed by atoms with Crippen LogP contribution in [0.25, 0.3) is 0 Å². The van der Waals surface area contributed by atoms with Gasteiger partial charge in [-0.15, -0.1) is 0 Å². The number of aliphatic hydroxyl groups excluding tert-OH is 1. The summed E-state index contributed by atoms with van der Waals surface area (Å²) in [7, 11) is 0. The summed E-state index contributed by atoms with van der Waals surface area (Å²) in [5, 5.41) is 14.2. The zero-order chi connectivity index (χ0) is 12.4. The second-order valence-corrected chi connectivity index (χ2v) is 4.56. The van der Waals surface area contributed by atoms with Gasteiger partial charge in [0.25, 0.3) is 0 Å². The van der Waals surface area contributed by atoms with E-state index in [1.54, 1.807) is 29.1 Å². The van der Waals surface area contributed by atoms with E-state index in [1.807, 2.05) is 6.92 Å². The highest BCUT2D eigenvalue weighted by molar-refractivity contribution is 9.10. The fourth-order valence-corrected chi connectivity index (χ4v) is 2.06. The number of aliphatic hydroxyl groups is 1. The highest BCUT2D eigenvalue weighted by Gasteiger charge is 2.18. The fourth-order valence-electron chi connectivity index (χ4n) is 1.72. The van der Waals surface area contributed by atoms with Crippen molar-refractivity contribution in [2.24, 2.45) is 0 Å². The first-order valence-electron chi connectivity index (χ1n) is 5.28. The number of nitrogens with zero attached hydrogens (tertiary/aromatic N) is 2. The van der Waals surface area contributed by atoms with Crippen LogP contribution < -0.4 is 0 Å².